The zero-order valence-corrected chi connectivity index (χ0v) is 19.4. The van der Waals surface area contributed by atoms with Gasteiger partial charge in [0.15, 0.2) is 16.7 Å². The number of halogens is 2. The van der Waals surface area contributed by atoms with Crippen molar-refractivity contribution in [2.45, 2.75) is 36.5 Å². The molecular weight excluding hydrogens is 452 g/mol. The van der Waals surface area contributed by atoms with Crippen molar-refractivity contribution in [1.82, 2.24) is 0 Å². The second-order valence-electron chi connectivity index (χ2n) is 7.36. The highest BCUT2D eigenvalue weighted by Crippen LogP contribution is 2.40. The second kappa shape index (κ2) is 10.2. The van der Waals surface area contributed by atoms with Crippen LogP contribution in [0.3, 0.4) is 0 Å². The lowest BCUT2D eigenvalue weighted by Crippen LogP contribution is -2.16. The maximum Gasteiger partial charge on any atom is 0.152 e. The molecule has 0 aromatic heterocycles. The largest absolute Gasteiger partial charge is 0.505 e. The minimum Gasteiger partial charge on any atom is -0.505 e. The van der Waals surface area contributed by atoms with Crippen LogP contribution in [0.1, 0.15) is 23.1 Å². The predicted molar refractivity (Wildman–Crippen MR) is 129 cm³/mol. The summed E-state index contributed by atoms with van der Waals surface area (Å²) in [5.41, 5.74) is 8.71. The van der Waals surface area contributed by atoms with E-state index in [2.05, 4.69) is 22.7 Å². The molecule has 0 saturated carbocycles. The van der Waals surface area contributed by atoms with Gasteiger partial charge < -0.3 is 20.9 Å². The molecule has 1 aliphatic rings. The van der Waals surface area contributed by atoms with Gasteiger partial charge in [-0.2, -0.15) is 0 Å². The Hall–Kier alpha value is -2.78. The Balaban J connectivity index is 0.000000269. The van der Waals surface area contributed by atoms with E-state index < -0.39 is 11.0 Å². The maximum absolute atomic E-state index is 13.6. The number of thiol groups is 1. The van der Waals surface area contributed by atoms with Crippen molar-refractivity contribution < 1.29 is 18.1 Å². The summed E-state index contributed by atoms with van der Waals surface area (Å²) in [6.45, 7) is 4.04. The summed E-state index contributed by atoms with van der Waals surface area (Å²) in [6.07, 6.45) is 1.61. The van der Waals surface area contributed by atoms with Crippen molar-refractivity contribution in [3.8, 4) is 5.75 Å². The molecule has 5 N–H and O–H groups in total. The molecule has 0 fully saturated rings. The van der Waals surface area contributed by atoms with E-state index in [0.29, 0.717) is 38.0 Å². The number of fused-ring (bicyclic) bond motifs is 1. The van der Waals surface area contributed by atoms with E-state index in [-0.39, 0.29) is 17.4 Å². The van der Waals surface area contributed by atoms with Gasteiger partial charge in [0, 0.05) is 28.3 Å². The molecule has 0 radical (unpaired) electrons. The summed E-state index contributed by atoms with van der Waals surface area (Å²) in [5.74, 6) is -0.517. The van der Waals surface area contributed by atoms with E-state index in [9.17, 15) is 18.1 Å². The van der Waals surface area contributed by atoms with Crippen LogP contribution in [0.15, 0.2) is 52.3 Å². The van der Waals surface area contributed by atoms with E-state index in [1.165, 1.54) is 12.1 Å². The van der Waals surface area contributed by atoms with Gasteiger partial charge in [-0.25, -0.2) is 13.0 Å². The molecule has 0 bridgehead atoms. The highest BCUT2D eigenvalue weighted by molar-refractivity contribution is 7.86. The van der Waals surface area contributed by atoms with E-state index >= 15 is 0 Å². The average molecular weight is 478 g/mol. The molecule has 3 aromatic carbocycles. The number of hydrogen-bond acceptors (Lipinski definition) is 5. The third-order valence-corrected chi connectivity index (χ3v) is 6.74. The van der Waals surface area contributed by atoms with Crippen LogP contribution in [0.4, 0.5) is 25.8 Å². The molecule has 9 heteroatoms. The van der Waals surface area contributed by atoms with Crippen molar-refractivity contribution in [2.24, 2.45) is 0 Å². The number of phenols is 1. The molecule has 3 aromatic rings. The lowest BCUT2D eigenvalue weighted by atomic mass is 10.0. The van der Waals surface area contributed by atoms with Crippen LogP contribution in [0.2, 0.25) is 0 Å². The molecule has 1 unspecified atom stereocenters. The highest BCUT2D eigenvalue weighted by Gasteiger charge is 2.22. The summed E-state index contributed by atoms with van der Waals surface area (Å²) in [4.78, 5) is 0.915. The van der Waals surface area contributed by atoms with Gasteiger partial charge in [-0.15, -0.1) is 12.6 Å². The number of aromatic hydroxyl groups is 1. The van der Waals surface area contributed by atoms with Gasteiger partial charge in [0.1, 0.15) is 11.6 Å². The standard InChI is InChI=1S/C16H17FN2O2S2.C7H8FN/c1-9-11(17)5-2-6-12(9)19-23(21)14-8-13(22)16(20)15-10(14)4-3-7-18-15;1-5-6(8)3-2-4-7(5)9/h2,5-6,8,18-20,22H,3-4,7H2,1H3;2-4H,9H2,1H3. The Bertz CT molecular complexity index is 1150. The first-order valence-electron chi connectivity index (χ1n) is 9.96. The van der Waals surface area contributed by atoms with E-state index in [4.69, 9.17) is 5.73 Å². The van der Waals surface area contributed by atoms with Crippen LogP contribution in [0.5, 0.6) is 5.75 Å². The summed E-state index contributed by atoms with van der Waals surface area (Å²) in [7, 11) is -1.58. The number of benzene rings is 3. The molecule has 170 valence electrons. The van der Waals surface area contributed by atoms with Gasteiger partial charge in [0.05, 0.1) is 16.3 Å². The fourth-order valence-electron chi connectivity index (χ4n) is 3.25. The molecule has 0 saturated heterocycles. The van der Waals surface area contributed by atoms with Crippen molar-refractivity contribution in [1.29, 1.82) is 0 Å². The van der Waals surface area contributed by atoms with E-state index in [0.717, 1.165) is 24.9 Å². The Morgan fingerprint density at radius 2 is 1.78 bits per heavy atom. The second-order valence-corrected chi connectivity index (χ2v) is 9.03. The zero-order chi connectivity index (χ0) is 23.4. The molecular formula is C23H25F2N3O2S2. The van der Waals surface area contributed by atoms with Crippen molar-refractivity contribution in [2.75, 3.05) is 22.3 Å². The first-order valence-corrected chi connectivity index (χ1v) is 11.6. The smallest absolute Gasteiger partial charge is 0.152 e. The fourth-order valence-corrected chi connectivity index (χ4v) is 4.77. The lowest BCUT2D eigenvalue weighted by molar-refractivity contribution is 0.462. The molecule has 32 heavy (non-hydrogen) atoms. The molecule has 0 aliphatic carbocycles. The van der Waals surface area contributed by atoms with Gasteiger partial charge in [0.2, 0.25) is 0 Å². The summed E-state index contributed by atoms with van der Waals surface area (Å²) in [6, 6.07) is 10.9. The normalized spacial score (nSPS) is 13.3. The van der Waals surface area contributed by atoms with Gasteiger partial charge in [0.25, 0.3) is 0 Å². The Labute approximate surface area is 194 Å². The monoisotopic (exact) mass is 477 g/mol. The van der Waals surface area contributed by atoms with E-state index in [1.807, 2.05) is 0 Å². The van der Waals surface area contributed by atoms with Crippen LogP contribution < -0.4 is 15.8 Å². The number of rotatable bonds is 3. The lowest BCUT2D eigenvalue weighted by Gasteiger charge is -2.23. The number of nitrogen functional groups attached to an aromatic ring is 1. The number of hydrogen-bond donors (Lipinski definition) is 5. The molecule has 1 heterocycles. The Morgan fingerprint density at radius 3 is 2.44 bits per heavy atom. The first kappa shape index (κ1) is 23.9. The topological polar surface area (TPSA) is 87.4 Å². The maximum atomic E-state index is 13.6. The minimum atomic E-state index is -1.58. The molecule has 0 spiro atoms. The number of nitrogens with two attached hydrogens (primary N) is 1. The van der Waals surface area contributed by atoms with Crippen LogP contribution >= 0.6 is 12.6 Å². The van der Waals surface area contributed by atoms with Crippen LogP contribution in [-0.2, 0) is 17.4 Å². The van der Waals surface area contributed by atoms with Crippen LogP contribution in [-0.4, -0.2) is 15.9 Å². The van der Waals surface area contributed by atoms with Gasteiger partial charge in [-0.1, -0.05) is 12.1 Å². The predicted octanol–water partition coefficient (Wildman–Crippen LogP) is 5.34. The van der Waals surface area contributed by atoms with Gasteiger partial charge in [-0.05, 0) is 62.6 Å². The summed E-state index contributed by atoms with van der Waals surface area (Å²) in [5, 5.41) is 13.2. The molecule has 1 aliphatic heterocycles. The number of nitrogens with one attached hydrogen (secondary N) is 2. The van der Waals surface area contributed by atoms with Gasteiger partial charge in [-0.3, -0.25) is 0 Å². The molecule has 4 rings (SSSR count). The first-order chi connectivity index (χ1) is 15.2. The van der Waals surface area contributed by atoms with Crippen molar-refractivity contribution in [3.05, 3.63) is 70.8 Å². The number of phenolic OH excluding ortho intramolecular Hbond substituents is 1. The summed E-state index contributed by atoms with van der Waals surface area (Å²) < 4.78 is 41.7. The Kier molecular flexibility index (Phi) is 7.63. The average Bonchev–Trinajstić information content (AvgIpc) is 2.78. The van der Waals surface area contributed by atoms with Gasteiger partial charge >= 0.3 is 0 Å². The molecule has 1 atom stereocenters. The van der Waals surface area contributed by atoms with E-state index in [1.54, 1.807) is 44.2 Å². The third kappa shape index (κ3) is 5.16. The molecule has 5 nitrogen and oxygen atoms in total. The number of anilines is 3. The minimum absolute atomic E-state index is 0.0747. The Morgan fingerprint density at radius 1 is 1.12 bits per heavy atom. The van der Waals surface area contributed by atoms with Crippen LogP contribution in [0.25, 0.3) is 0 Å². The SMILES string of the molecule is Cc1c(F)cccc1NS(=O)c1cc(S)c(O)c2c1CCCN2.Cc1c(N)cccc1F. The quantitative estimate of drug-likeness (QED) is 0.200. The highest BCUT2D eigenvalue weighted by atomic mass is 32.2. The fraction of sp³-hybridized carbons (Fsp3) is 0.217. The van der Waals surface area contributed by atoms with Crippen molar-refractivity contribution in [3.63, 3.8) is 0 Å². The zero-order valence-electron chi connectivity index (χ0n) is 17.7. The molecule has 0 amide bonds. The van der Waals surface area contributed by atoms with Crippen LogP contribution in [0, 0.1) is 25.5 Å². The summed E-state index contributed by atoms with van der Waals surface area (Å²) >= 11 is 4.25. The van der Waals surface area contributed by atoms with Crippen molar-refractivity contribution >= 4 is 40.7 Å². The third-order valence-electron chi connectivity index (χ3n) is 5.23.